The molecule has 0 aliphatic heterocycles. The predicted molar refractivity (Wildman–Crippen MR) is 198 cm³/mol. The highest BCUT2D eigenvalue weighted by atomic mass is 15.1. The molecule has 0 fully saturated rings. The van der Waals surface area contributed by atoms with Gasteiger partial charge in [0.15, 0.2) is 0 Å². The van der Waals surface area contributed by atoms with Crippen LogP contribution in [0.3, 0.4) is 0 Å². The zero-order valence-electron chi connectivity index (χ0n) is 29.3. The lowest BCUT2D eigenvalue weighted by Crippen LogP contribution is -2.18. The summed E-state index contributed by atoms with van der Waals surface area (Å²) in [6.07, 6.45) is 7.89. The van der Waals surface area contributed by atoms with E-state index in [1.807, 2.05) is 0 Å². The molecule has 0 saturated heterocycles. The fourth-order valence-corrected chi connectivity index (χ4v) is 7.40. The van der Waals surface area contributed by atoms with Gasteiger partial charge in [-0.15, -0.1) is 0 Å². The number of fused-ring (bicyclic) bond motifs is 3. The van der Waals surface area contributed by atoms with Crippen LogP contribution in [0.2, 0.25) is 0 Å². The van der Waals surface area contributed by atoms with E-state index >= 15 is 0 Å². The van der Waals surface area contributed by atoms with Crippen LogP contribution < -0.4 is 9.80 Å². The van der Waals surface area contributed by atoms with E-state index in [0.29, 0.717) is 0 Å². The van der Waals surface area contributed by atoms with Crippen LogP contribution in [-0.2, 0) is 10.8 Å². The van der Waals surface area contributed by atoms with Crippen LogP contribution in [0.15, 0.2) is 85.0 Å². The highest BCUT2D eigenvalue weighted by molar-refractivity contribution is 6.03. The monoisotopic (exact) mass is 594 g/mol. The van der Waals surface area contributed by atoms with Crippen molar-refractivity contribution < 1.29 is 0 Å². The van der Waals surface area contributed by atoms with Gasteiger partial charge >= 0.3 is 0 Å². The molecule has 0 spiro atoms. The molecule has 232 valence electrons. The first kappa shape index (κ1) is 31.0. The van der Waals surface area contributed by atoms with Gasteiger partial charge in [0, 0.05) is 45.5 Å². The fraction of sp³-hybridized carbons (Fsp3) is 0.349. The van der Waals surface area contributed by atoms with Gasteiger partial charge in [0.25, 0.3) is 0 Å². The standard InChI is InChI=1S/C43H50N2/c1-27-34-25-20-31(42(2,3)4)26-35(34)40-36(27)37(28-14-12-13-15-28)38(29-16-21-32(22-17-29)44(8)9)41(43(5,6)7)39(40)30-18-23-33(24-19-30)45(10)11/h12-14,16-27H,15H2,1-11H3. The van der Waals surface area contributed by atoms with Crippen LogP contribution in [0, 0.1) is 0 Å². The van der Waals surface area contributed by atoms with E-state index in [0.717, 1.165) is 6.42 Å². The average molecular weight is 595 g/mol. The lowest BCUT2D eigenvalue weighted by Gasteiger charge is -2.33. The summed E-state index contributed by atoms with van der Waals surface area (Å²) in [5, 5.41) is 0. The molecule has 2 heteroatoms. The molecule has 0 N–H and O–H groups in total. The zero-order valence-corrected chi connectivity index (χ0v) is 29.3. The van der Waals surface area contributed by atoms with E-state index in [-0.39, 0.29) is 16.7 Å². The Morgan fingerprint density at radius 1 is 0.622 bits per heavy atom. The van der Waals surface area contributed by atoms with Crippen molar-refractivity contribution in [2.75, 3.05) is 38.0 Å². The van der Waals surface area contributed by atoms with Crippen LogP contribution in [-0.4, -0.2) is 28.2 Å². The number of benzene rings is 4. The predicted octanol–water partition coefficient (Wildman–Crippen LogP) is 11.2. The van der Waals surface area contributed by atoms with Crippen LogP contribution in [0.5, 0.6) is 0 Å². The van der Waals surface area contributed by atoms with Crippen molar-refractivity contribution in [2.24, 2.45) is 0 Å². The van der Waals surface area contributed by atoms with Crippen LogP contribution in [0.25, 0.3) is 39.0 Å². The van der Waals surface area contributed by atoms with Gasteiger partial charge in [-0.2, -0.15) is 0 Å². The van der Waals surface area contributed by atoms with Crippen molar-refractivity contribution in [3.63, 3.8) is 0 Å². The second kappa shape index (κ2) is 11.1. The van der Waals surface area contributed by atoms with E-state index in [1.165, 1.54) is 78.1 Å². The Kier molecular flexibility index (Phi) is 7.63. The summed E-state index contributed by atoms with van der Waals surface area (Å²) in [6, 6.07) is 25.8. The van der Waals surface area contributed by atoms with Crippen LogP contribution in [0.4, 0.5) is 11.4 Å². The largest absolute Gasteiger partial charge is 0.378 e. The van der Waals surface area contributed by atoms with Crippen molar-refractivity contribution in [2.45, 2.75) is 71.6 Å². The summed E-state index contributed by atoms with van der Waals surface area (Å²) in [4.78, 5) is 4.37. The Hall–Kier alpha value is -4.04. The number of allylic oxidation sites excluding steroid dienone is 4. The molecule has 45 heavy (non-hydrogen) atoms. The maximum Gasteiger partial charge on any atom is 0.0361 e. The first-order valence-electron chi connectivity index (χ1n) is 16.5. The van der Waals surface area contributed by atoms with E-state index < -0.39 is 0 Å². The van der Waals surface area contributed by atoms with Crippen molar-refractivity contribution >= 4 is 16.9 Å². The van der Waals surface area contributed by atoms with E-state index in [1.54, 1.807) is 0 Å². The Morgan fingerprint density at radius 3 is 1.60 bits per heavy atom. The minimum Gasteiger partial charge on any atom is -0.378 e. The Balaban J connectivity index is 1.82. The van der Waals surface area contributed by atoms with Gasteiger partial charge in [-0.05, 0) is 108 Å². The van der Waals surface area contributed by atoms with Crippen molar-refractivity contribution in [3.05, 3.63) is 113 Å². The third-order valence-corrected chi connectivity index (χ3v) is 9.81. The summed E-state index contributed by atoms with van der Waals surface area (Å²) in [6.45, 7) is 16.6. The zero-order chi connectivity index (χ0) is 32.4. The Morgan fingerprint density at radius 2 is 1.16 bits per heavy atom. The minimum atomic E-state index is -0.116. The van der Waals surface area contributed by atoms with E-state index in [4.69, 9.17) is 0 Å². The number of rotatable bonds is 5. The first-order chi connectivity index (χ1) is 21.2. The number of hydrogen-bond acceptors (Lipinski definition) is 2. The molecule has 0 radical (unpaired) electrons. The lowest BCUT2D eigenvalue weighted by molar-refractivity contribution is 0.590. The number of anilines is 2. The van der Waals surface area contributed by atoms with Gasteiger partial charge in [0.2, 0.25) is 0 Å². The minimum absolute atomic E-state index is 0.0657. The average Bonchev–Trinajstić information content (AvgIpc) is 3.62. The molecule has 4 aromatic rings. The molecule has 6 rings (SSSR count). The second-order valence-corrected chi connectivity index (χ2v) is 15.5. The fourth-order valence-electron chi connectivity index (χ4n) is 7.40. The van der Waals surface area contributed by atoms with Crippen molar-refractivity contribution in [1.82, 2.24) is 0 Å². The summed E-state index contributed by atoms with van der Waals surface area (Å²) in [5.41, 5.74) is 19.2. The smallest absolute Gasteiger partial charge is 0.0361 e. The summed E-state index contributed by atoms with van der Waals surface area (Å²) >= 11 is 0. The topological polar surface area (TPSA) is 6.48 Å². The SMILES string of the molecule is CC1c2ccc(C(C)(C)C)cc2-c2c(-c3ccc(N(C)C)cc3)c(C(C)(C)C)c(-c3ccc(N(C)C)cc3)c(C3=CC=CC3)c21. The molecule has 0 amide bonds. The molecule has 0 heterocycles. The van der Waals surface area contributed by atoms with Crippen LogP contribution in [0.1, 0.15) is 88.6 Å². The van der Waals surface area contributed by atoms with Gasteiger partial charge in [-0.1, -0.05) is 109 Å². The molecule has 0 bridgehead atoms. The van der Waals surface area contributed by atoms with Crippen molar-refractivity contribution in [1.29, 1.82) is 0 Å². The van der Waals surface area contributed by atoms with Gasteiger partial charge in [-0.25, -0.2) is 0 Å². The normalized spacial score (nSPS) is 15.6. The van der Waals surface area contributed by atoms with E-state index in [2.05, 4.69) is 171 Å². The lowest BCUT2D eigenvalue weighted by atomic mass is 9.70. The molecule has 0 aromatic heterocycles. The molecule has 1 atom stereocenters. The van der Waals surface area contributed by atoms with Gasteiger partial charge in [0.1, 0.15) is 0 Å². The molecule has 4 aromatic carbocycles. The first-order valence-corrected chi connectivity index (χ1v) is 16.5. The molecule has 0 saturated carbocycles. The van der Waals surface area contributed by atoms with Crippen LogP contribution >= 0.6 is 0 Å². The molecule has 1 unspecified atom stereocenters. The maximum atomic E-state index is 2.51. The summed E-state index contributed by atoms with van der Waals surface area (Å²) < 4.78 is 0. The quantitative estimate of drug-likeness (QED) is 0.227. The Labute approximate surface area is 272 Å². The molecule has 2 aliphatic carbocycles. The maximum absolute atomic E-state index is 2.51. The van der Waals surface area contributed by atoms with Gasteiger partial charge in [0.05, 0.1) is 0 Å². The summed E-state index contributed by atoms with van der Waals surface area (Å²) in [7, 11) is 8.47. The highest BCUT2D eigenvalue weighted by Crippen LogP contribution is 2.59. The highest BCUT2D eigenvalue weighted by Gasteiger charge is 2.39. The van der Waals surface area contributed by atoms with Gasteiger partial charge in [-0.3, -0.25) is 0 Å². The summed E-state index contributed by atoms with van der Waals surface area (Å²) in [5.74, 6) is 0.286. The van der Waals surface area contributed by atoms with Gasteiger partial charge < -0.3 is 9.80 Å². The molecule has 2 aliphatic rings. The third-order valence-electron chi connectivity index (χ3n) is 9.81. The number of nitrogens with zero attached hydrogens (tertiary/aromatic N) is 2. The second-order valence-electron chi connectivity index (χ2n) is 15.5. The van der Waals surface area contributed by atoms with E-state index in [9.17, 15) is 0 Å². The third kappa shape index (κ3) is 5.33. The molecular formula is C43H50N2. The molecular weight excluding hydrogens is 544 g/mol. The number of hydrogen-bond donors (Lipinski definition) is 0. The molecule has 2 nitrogen and oxygen atoms in total. The Bertz CT molecular complexity index is 1820. The van der Waals surface area contributed by atoms with Crippen molar-refractivity contribution in [3.8, 4) is 33.4 Å².